The van der Waals surface area contributed by atoms with Crippen LogP contribution in [0, 0.1) is 0 Å². The molecule has 0 unspecified atom stereocenters. The summed E-state index contributed by atoms with van der Waals surface area (Å²) in [7, 11) is 0. The van der Waals surface area contributed by atoms with Crippen molar-refractivity contribution in [3.05, 3.63) is 88.3 Å². The van der Waals surface area contributed by atoms with Crippen molar-refractivity contribution >= 4 is 56.5 Å². The molecule has 0 saturated carbocycles. The van der Waals surface area contributed by atoms with Gasteiger partial charge in [-0.05, 0) is 36.4 Å². The van der Waals surface area contributed by atoms with Gasteiger partial charge in [0, 0.05) is 27.4 Å². The van der Waals surface area contributed by atoms with Crippen LogP contribution in [0.5, 0.6) is 0 Å². The Balaban J connectivity index is 1.43. The second-order valence-electron chi connectivity index (χ2n) is 8.80. The molecule has 0 fully saturated rings. The minimum atomic E-state index is -5.05. The summed E-state index contributed by atoms with van der Waals surface area (Å²) in [5.41, 5.74) is -3.29. The Labute approximate surface area is 224 Å². The lowest BCUT2D eigenvalue weighted by Crippen LogP contribution is -2.21. The van der Waals surface area contributed by atoms with Crippen LogP contribution in [0.2, 0.25) is 5.02 Å². The Morgan fingerprint density at radius 1 is 0.950 bits per heavy atom. The largest absolute Gasteiger partial charge is 0.434 e. The first-order valence-corrected chi connectivity index (χ1v) is 11.7. The van der Waals surface area contributed by atoms with E-state index in [-0.39, 0.29) is 27.3 Å². The van der Waals surface area contributed by atoms with E-state index in [2.05, 4.69) is 20.7 Å². The summed E-state index contributed by atoms with van der Waals surface area (Å²) in [6, 6.07) is 10.2. The summed E-state index contributed by atoms with van der Waals surface area (Å²) in [4.78, 5) is 29.0. The van der Waals surface area contributed by atoms with Crippen LogP contribution in [0.3, 0.4) is 0 Å². The number of halogens is 7. The third kappa shape index (κ3) is 4.01. The summed E-state index contributed by atoms with van der Waals surface area (Å²) >= 11 is 6.04. The number of benzene rings is 3. The van der Waals surface area contributed by atoms with Gasteiger partial charge in [0.25, 0.3) is 11.8 Å². The predicted molar refractivity (Wildman–Crippen MR) is 134 cm³/mol. The Morgan fingerprint density at radius 2 is 1.73 bits per heavy atom. The molecule has 1 aliphatic rings. The highest BCUT2D eigenvalue weighted by atomic mass is 35.5. The van der Waals surface area contributed by atoms with Crippen LogP contribution < -0.4 is 10.6 Å². The third-order valence-corrected chi connectivity index (χ3v) is 6.71. The second-order valence-corrected chi connectivity index (χ2v) is 9.21. The minimum absolute atomic E-state index is 0.0256. The molecular weight excluding hydrogens is 564 g/mol. The molecule has 0 radical (unpaired) electrons. The second kappa shape index (κ2) is 8.68. The van der Waals surface area contributed by atoms with Crippen molar-refractivity contribution in [1.82, 2.24) is 14.8 Å². The Hall–Kier alpha value is -4.65. The maximum Gasteiger partial charge on any atom is 0.434 e. The van der Waals surface area contributed by atoms with Crippen LogP contribution >= 0.6 is 11.6 Å². The summed E-state index contributed by atoms with van der Waals surface area (Å²) in [6.45, 7) is 0. The fourth-order valence-electron chi connectivity index (χ4n) is 4.71. The number of aromatic nitrogens is 3. The fraction of sp³-hybridized carbons (Fsp3) is 0.0769. The van der Waals surface area contributed by atoms with E-state index >= 15 is 0 Å². The van der Waals surface area contributed by atoms with Gasteiger partial charge >= 0.3 is 12.4 Å². The molecule has 5 aromatic rings. The molecule has 1 aliphatic heterocycles. The molecule has 0 aliphatic carbocycles. The molecule has 40 heavy (non-hydrogen) atoms. The maximum absolute atomic E-state index is 14.3. The van der Waals surface area contributed by atoms with E-state index in [1.807, 2.05) is 0 Å². The highest BCUT2D eigenvalue weighted by molar-refractivity contribution is 6.35. The number of fused-ring (bicyclic) bond motifs is 1. The molecule has 0 bridgehead atoms. The minimum Gasteiger partial charge on any atom is -0.321 e. The summed E-state index contributed by atoms with van der Waals surface area (Å²) < 4.78 is 83.6. The van der Waals surface area contributed by atoms with Crippen LogP contribution in [0.4, 0.5) is 37.7 Å². The zero-order chi connectivity index (χ0) is 28.6. The monoisotopic (exact) mass is 575 g/mol. The predicted octanol–water partition coefficient (Wildman–Crippen LogP) is 7.08. The number of carbonyl (C=O) groups excluding carboxylic acids is 2. The van der Waals surface area contributed by atoms with E-state index in [1.165, 1.54) is 30.3 Å². The van der Waals surface area contributed by atoms with Gasteiger partial charge in [0.15, 0.2) is 5.69 Å². The van der Waals surface area contributed by atoms with Gasteiger partial charge in [-0.25, -0.2) is 4.68 Å². The molecule has 0 saturated heterocycles. The number of hydrogen-bond donors (Lipinski definition) is 2. The Morgan fingerprint density at radius 3 is 2.45 bits per heavy atom. The van der Waals surface area contributed by atoms with E-state index in [9.17, 15) is 35.9 Å². The van der Waals surface area contributed by atoms with Gasteiger partial charge in [-0.2, -0.15) is 31.4 Å². The highest BCUT2D eigenvalue weighted by Crippen LogP contribution is 2.40. The lowest BCUT2D eigenvalue weighted by atomic mass is 10.0. The molecule has 0 spiro atoms. The molecule has 0 atom stereocenters. The van der Waals surface area contributed by atoms with Crippen LogP contribution in [0.15, 0.2) is 60.9 Å². The molecule has 3 aromatic carbocycles. The van der Waals surface area contributed by atoms with Gasteiger partial charge in [0.1, 0.15) is 0 Å². The zero-order valence-corrected chi connectivity index (χ0v) is 20.3. The number of carbonyl (C=O) groups is 2. The van der Waals surface area contributed by atoms with Crippen LogP contribution in [0.25, 0.3) is 27.4 Å². The lowest BCUT2D eigenvalue weighted by Gasteiger charge is -2.15. The van der Waals surface area contributed by atoms with Crippen LogP contribution in [-0.2, 0) is 12.4 Å². The first-order chi connectivity index (χ1) is 18.8. The number of pyridine rings is 1. The van der Waals surface area contributed by atoms with Crippen molar-refractivity contribution in [3.8, 4) is 5.69 Å². The van der Waals surface area contributed by atoms with Crippen molar-refractivity contribution < 1.29 is 35.9 Å². The molecule has 6 rings (SSSR count). The first-order valence-electron chi connectivity index (χ1n) is 11.3. The SMILES string of the molecule is O=C(Nc1cnc2c(C(F)(F)F)ccc(Cl)c2c1)c1cnn(-c2ccc3c4c(cccc24)C(=O)N3)c1C(F)(F)F. The standard InChI is InChI=1S/C26H12ClF6N5O2/c27-17-5-4-16(25(28,29)30)21-14(17)8-11(9-34-21)36-24(40)15-10-35-38(22(15)26(31,32)33)19-7-6-18-20-12(19)2-1-3-13(20)23(39)37-18/h1-10H,(H,36,40)(H,37,39). The van der Waals surface area contributed by atoms with E-state index in [0.717, 1.165) is 30.6 Å². The van der Waals surface area contributed by atoms with E-state index in [0.29, 0.717) is 21.1 Å². The van der Waals surface area contributed by atoms with Gasteiger partial charge < -0.3 is 10.6 Å². The normalized spacial score (nSPS) is 13.2. The zero-order valence-electron chi connectivity index (χ0n) is 19.6. The van der Waals surface area contributed by atoms with Crippen molar-refractivity contribution in [2.75, 3.05) is 10.6 Å². The van der Waals surface area contributed by atoms with Crippen LogP contribution in [-0.4, -0.2) is 26.6 Å². The Kier molecular flexibility index (Phi) is 5.56. The first kappa shape index (κ1) is 25.6. The van der Waals surface area contributed by atoms with Crippen molar-refractivity contribution in [2.45, 2.75) is 12.4 Å². The molecule has 2 aromatic heterocycles. The molecule has 202 valence electrons. The molecule has 7 nitrogen and oxygen atoms in total. The van der Waals surface area contributed by atoms with Gasteiger partial charge in [-0.1, -0.05) is 23.7 Å². The molecular formula is C26H12ClF6N5O2. The number of amides is 2. The molecule has 3 heterocycles. The van der Waals surface area contributed by atoms with Gasteiger partial charge in [-0.3, -0.25) is 14.6 Å². The summed E-state index contributed by atoms with van der Waals surface area (Å²) in [5, 5.41) is 9.16. The average molecular weight is 576 g/mol. The number of alkyl halides is 6. The number of nitrogens with zero attached hydrogens (tertiary/aromatic N) is 3. The quantitative estimate of drug-likeness (QED) is 0.225. The number of anilines is 2. The van der Waals surface area contributed by atoms with Crippen LogP contribution in [0.1, 0.15) is 32.0 Å². The van der Waals surface area contributed by atoms with Gasteiger partial charge in [0.05, 0.1) is 45.4 Å². The molecule has 2 amide bonds. The third-order valence-electron chi connectivity index (χ3n) is 6.38. The lowest BCUT2D eigenvalue weighted by molar-refractivity contribution is -0.143. The van der Waals surface area contributed by atoms with Crippen molar-refractivity contribution in [2.24, 2.45) is 0 Å². The smallest absolute Gasteiger partial charge is 0.321 e. The topological polar surface area (TPSA) is 88.9 Å². The van der Waals surface area contributed by atoms with Gasteiger partial charge in [0.2, 0.25) is 0 Å². The van der Waals surface area contributed by atoms with Crippen molar-refractivity contribution in [1.29, 1.82) is 0 Å². The van der Waals surface area contributed by atoms with E-state index in [4.69, 9.17) is 11.6 Å². The number of nitrogens with one attached hydrogen (secondary N) is 2. The number of rotatable bonds is 3. The average Bonchev–Trinajstić information content (AvgIpc) is 3.47. The fourth-order valence-corrected chi connectivity index (χ4v) is 4.92. The molecule has 14 heteroatoms. The van der Waals surface area contributed by atoms with Gasteiger partial charge in [-0.15, -0.1) is 0 Å². The summed E-state index contributed by atoms with van der Waals surface area (Å²) in [6.07, 6.45) is -8.17. The Bertz CT molecular complexity index is 1900. The summed E-state index contributed by atoms with van der Waals surface area (Å²) in [5.74, 6) is -1.63. The van der Waals surface area contributed by atoms with E-state index in [1.54, 1.807) is 0 Å². The highest BCUT2D eigenvalue weighted by Gasteiger charge is 2.41. The molecule has 2 N–H and O–H groups in total. The maximum atomic E-state index is 14.3. The number of hydrogen-bond acceptors (Lipinski definition) is 4. The van der Waals surface area contributed by atoms with Crippen molar-refractivity contribution in [3.63, 3.8) is 0 Å². The van der Waals surface area contributed by atoms with E-state index < -0.39 is 46.5 Å².